The van der Waals surface area contributed by atoms with Gasteiger partial charge in [0.15, 0.2) is 17.0 Å². The third-order valence-electron chi connectivity index (χ3n) is 9.40. The van der Waals surface area contributed by atoms with Crippen LogP contribution in [0.2, 0.25) is 10.0 Å². The summed E-state index contributed by atoms with van der Waals surface area (Å²) >= 11 is 12.0. The molecule has 0 bridgehead atoms. The molecule has 10 N–H and O–H groups in total. The summed E-state index contributed by atoms with van der Waals surface area (Å²) in [6.45, 7) is 4.61. The number of hydrogen-bond donors (Lipinski definition) is 8. The van der Waals surface area contributed by atoms with Crippen LogP contribution in [0.5, 0.6) is 0 Å². The Morgan fingerprint density at radius 3 is 2.18 bits per heavy atom. The van der Waals surface area contributed by atoms with Crippen molar-refractivity contribution in [3.8, 4) is 0 Å². The molecule has 21 heteroatoms. The van der Waals surface area contributed by atoms with Crippen molar-refractivity contribution >= 4 is 87.3 Å². The Labute approximate surface area is 368 Å². The van der Waals surface area contributed by atoms with E-state index in [2.05, 4.69) is 46.5 Å². The van der Waals surface area contributed by atoms with Crippen LogP contribution in [-0.2, 0) is 25.7 Å². The maximum atomic E-state index is 12.9. The van der Waals surface area contributed by atoms with Crippen LogP contribution in [0, 0.1) is 5.92 Å². The predicted octanol–water partition coefficient (Wildman–Crippen LogP) is 3.24. The number of unbranched alkanes of at least 4 members (excludes halogenated alkanes) is 3. The zero-order valence-corrected chi connectivity index (χ0v) is 36.2. The van der Waals surface area contributed by atoms with Gasteiger partial charge in [-0.1, -0.05) is 49.9 Å². The highest BCUT2D eigenvalue weighted by atomic mass is 35.5. The molecule has 2 aromatic heterocycles. The molecule has 0 radical (unpaired) electrons. The molecule has 2 heterocycles. The molecule has 4 rings (SSSR count). The first kappa shape index (κ1) is 48.3. The highest BCUT2D eigenvalue weighted by Gasteiger charge is 2.24. The number of amides is 5. The summed E-state index contributed by atoms with van der Waals surface area (Å²) in [7, 11) is 1.82. The topological polar surface area (TPSA) is 290 Å². The highest BCUT2D eigenvalue weighted by molar-refractivity contribution is 6.35. The molecule has 0 unspecified atom stereocenters. The quantitative estimate of drug-likeness (QED) is 0.0497. The van der Waals surface area contributed by atoms with Gasteiger partial charge in [-0.15, -0.1) is 0 Å². The first-order chi connectivity index (χ1) is 29.5. The zero-order chi connectivity index (χ0) is 45.3. The lowest BCUT2D eigenvalue weighted by Gasteiger charge is -2.20. The number of carboxylic acid groups (broad SMARTS) is 1. The normalized spacial score (nSPS) is 12.0. The number of benzene rings is 2. The monoisotopic (exact) mass is 894 g/mol. The Morgan fingerprint density at radius 2 is 1.50 bits per heavy atom. The van der Waals surface area contributed by atoms with E-state index in [9.17, 15) is 33.9 Å². The van der Waals surface area contributed by atoms with E-state index in [4.69, 9.17) is 34.7 Å². The van der Waals surface area contributed by atoms with Crippen molar-refractivity contribution in [2.24, 2.45) is 5.92 Å². The number of aliphatic carboxylic acids is 1. The van der Waals surface area contributed by atoms with Crippen LogP contribution in [0.15, 0.2) is 48.7 Å². The lowest BCUT2D eigenvalue weighted by molar-refractivity contribution is -0.139. The van der Waals surface area contributed by atoms with E-state index in [1.54, 1.807) is 36.5 Å². The number of fused-ring (bicyclic) bond motifs is 1. The number of anilines is 3. The van der Waals surface area contributed by atoms with Crippen LogP contribution in [0.25, 0.3) is 11.2 Å². The average molecular weight is 896 g/mol. The second-order valence-electron chi connectivity index (χ2n) is 14.9. The second-order valence-corrected chi connectivity index (χ2v) is 15.8. The number of nitrogens with zero attached hydrogens (tertiary/aromatic N) is 5. The number of carbonyl (C=O) groups is 6. The molecule has 0 fully saturated rings. The second kappa shape index (κ2) is 23.6. The number of halogens is 2. The van der Waals surface area contributed by atoms with Crippen molar-refractivity contribution in [2.75, 3.05) is 43.0 Å². The van der Waals surface area contributed by atoms with Gasteiger partial charge >= 0.3 is 5.97 Å². The molecule has 62 heavy (non-hydrogen) atoms. The Balaban J connectivity index is 1.10. The Kier molecular flexibility index (Phi) is 18.4. The maximum Gasteiger partial charge on any atom is 0.326 e. The van der Waals surface area contributed by atoms with E-state index < -0.39 is 35.8 Å². The minimum atomic E-state index is -1.28. The van der Waals surface area contributed by atoms with Crippen LogP contribution in [0.1, 0.15) is 85.2 Å². The number of nitrogen functional groups attached to an aromatic ring is 2. The molecule has 0 saturated carbocycles. The fourth-order valence-corrected chi connectivity index (χ4v) is 6.54. The van der Waals surface area contributed by atoms with E-state index in [1.807, 2.05) is 25.8 Å². The molecule has 332 valence electrons. The number of aromatic nitrogens is 4. The summed E-state index contributed by atoms with van der Waals surface area (Å²) in [5.74, 6) is -3.41. The van der Waals surface area contributed by atoms with E-state index in [0.29, 0.717) is 55.1 Å². The van der Waals surface area contributed by atoms with Crippen molar-refractivity contribution in [1.29, 1.82) is 0 Å². The minimum Gasteiger partial charge on any atom is -0.480 e. The zero-order valence-electron chi connectivity index (χ0n) is 34.7. The molecule has 2 aromatic carbocycles. The van der Waals surface area contributed by atoms with Crippen LogP contribution in [0.3, 0.4) is 0 Å². The average Bonchev–Trinajstić information content (AvgIpc) is 3.22. The number of hydrogen-bond acceptors (Lipinski definition) is 13. The number of rotatable bonds is 23. The van der Waals surface area contributed by atoms with Gasteiger partial charge in [-0.25, -0.2) is 14.8 Å². The predicted molar refractivity (Wildman–Crippen MR) is 235 cm³/mol. The maximum absolute atomic E-state index is 12.9. The molecular weight excluding hydrogens is 843 g/mol. The fraction of sp³-hybridized carbons (Fsp3) is 0.415. The molecule has 0 aliphatic heterocycles. The Morgan fingerprint density at radius 1 is 0.806 bits per heavy atom. The third kappa shape index (κ3) is 15.3. The summed E-state index contributed by atoms with van der Waals surface area (Å²) in [5, 5.41) is 23.5. The third-order valence-corrected chi connectivity index (χ3v) is 9.97. The van der Waals surface area contributed by atoms with Gasteiger partial charge in [0.25, 0.3) is 11.8 Å². The molecule has 19 nitrogen and oxygen atoms in total. The summed E-state index contributed by atoms with van der Waals surface area (Å²) in [5.41, 5.74) is 13.9. The Hall–Kier alpha value is -6.34. The van der Waals surface area contributed by atoms with Crippen LogP contribution in [-0.4, -0.2) is 99.3 Å². The summed E-state index contributed by atoms with van der Waals surface area (Å²) < 4.78 is 0. The first-order valence-corrected chi connectivity index (χ1v) is 20.7. The van der Waals surface area contributed by atoms with Crippen LogP contribution >= 0.6 is 23.2 Å². The summed E-state index contributed by atoms with van der Waals surface area (Å²) in [6, 6.07) is 8.91. The van der Waals surface area contributed by atoms with Gasteiger partial charge in [0.2, 0.25) is 23.7 Å². The molecule has 2 atom stereocenters. The van der Waals surface area contributed by atoms with Crippen molar-refractivity contribution in [1.82, 2.24) is 46.5 Å². The van der Waals surface area contributed by atoms with Gasteiger partial charge in [-0.2, -0.15) is 9.97 Å². The van der Waals surface area contributed by atoms with Gasteiger partial charge in [0.1, 0.15) is 12.1 Å². The van der Waals surface area contributed by atoms with Crippen molar-refractivity contribution in [2.45, 2.75) is 77.4 Å². The number of nitrogens with two attached hydrogens (primary N) is 2. The number of nitrogens with one attached hydrogen (secondary N) is 5. The van der Waals surface area contributed by atoms with Gasteiger partial charge in [0, 0.05) is 42.8 Å². The molecule has 0 aliphatic rings. The van der Waals surface area contributed by atoms with E-state index in [-0.39, 0.29) is 70.7 Å². The lowest BCUT2D eigenvalue weighted by Crippen LogP contribution is -2.50. The van der Waals surface area contributed by atoms with Crippen LogP contribution < -0.4 is 43.0 Å². The highest BCUT2D eigenvalue weighted by Crippen LogP contribution is 2.21. The van der Waals surface area contributed by atoms with Crippen molar-refractivity contribution in [3.05, 3.63) is 75.5 Å². The summed E-state index contributed by atoms with van der Waals surface area (Å²) in [4.78, 5) is 93.9. The standard InChI is InChI=1S/C41H52Cl2N12O7/c1-23(2)18-31(51-33(57)21-49-38(59)28-19-25(42)10-13-29(28)43)39(60)47-17-7-5-4-6-16-46-32(56)15-14-30(40(61)62)52-37(58)24-8-11-27(12-9-24)55(3)22-26-20-48-36-34(50-26)35(44)53-41(45)54-36/h8-13,19-20,23,30-31H,4-7,14-18,21-22H2,1-3H3,(H,46,56)(H,47,60)(H,49,59)(H,51,57)(H,52,58)(H,61,62)(H4,44,45,48,53,54)/t30-,31-/m0/s1. The SMILES string of the molecule is CC(C)C[C@H](NC(=O)CNC(=O)c1cc(Cl)ccc1Cl)C(=O)NCCCCCCNC(=O)CC[C@H](NC(=O)c1ccc(N(C)Cc2cnc3nc(N)nc(N)c3n2)cc1)C(=O)O. The van der Waals surface area contributed by atoms with Gasteiger partial charge in [0.05, 0.1) is 35.6 Å². The summed E-state index contributed by atoms with van der Waals surface area (Å²) in [6.07, 6.45) is 4.60. The minimum absolute atomic E-state index is 0.00149. The van der Waals surface area contributed by atoms with Gasteiger partial charge < -0.3 is 48.1 Å². The molecule has 0 saturated heterocycles. The fourth-order valence-electron chi connectivity index (χ4n) is 6.17. The van der Waals surface area contributed by atoms with Crippen LogP contribution in [0.4, 0.5) is 17.5 Å². The van der Waals surface area contributed by atoms with Crippen molar-refractivity contribution < 1.29 is 33.9 Å². The van der Waals surface area contributed by atoms with E-state index in [1.165, 1.54) is 12.1 Å². The van der Waals surface area contributed by atoms with Crippen molar-refractivity contribution in [3.63, 3.8) is 0 Å². The lowest BCUT2D eigenvalue weighted by atomic mass is 10.0. The smallest absolute Gasteiger partial charge is 0.326 e. The molecular formula is C41H52Cl2N12O7. The first-order valence-electron chi connectivity index (χ1n) is 20.0. The Bertz CT molecular complexity index is 2230. The molecule has 0 aliphatic carbocycles. The molecule has 5 amide bonds. The van der Waals surface area contributed by atoms with E-state index in [0.717, 1.165) is 18.5 Å². The largest absolute Gasteiger partial charge is 0.480 e. The van der Waals surface area contributed by atoms with Gasteiger partial charge in [-0.05, 0) is 74.1 Å². The number of carboxylic acids is 1. The molecule has 4 aromatic rings. The number of carbonyl (C=O) groups excluding carboxylic acids is 5. The molecule has 0 spiro atoms. The van der Waals surface area contributed by atoms with Gasteiger partial charge in [-0.3, -0.25) is 24.0 Å². The van der Waals surface area contributed by atoms with E-state index >= 15 is 0 Å².